The first-order valence-corrected chi connectivity index (χ1v) is 13.8. The Morgan fingerprint density at radius 2 is 1.95 bits per heavy atom. The fraction of sp³-hybridized carbons (Fsp3) is 0.533. The minimum atomic E-state index is -1.57. The highest BCUT2D eigenvalue weighted by molar-refractivity contribution is 5.79. The Hall–Kier alpha value is -3.04. The maximum Gasteiger partial charge on any atom is 0.404 e. The number of carbonyl (C=O) groups excluding carboxylic acids is 1. The number of carbonyl (C=O) groups is 2. The Balaban J connectivity index is 1.69. The average molecular weight is 544 g/mol. The van der Waals surface area contributed by atoms with Gasteiger partial charge in [0.25, 0.3) is 0 Å². The lowest BCUT2D eigenvalue weighted by Crippen LogP contribution is -2.50. The van der Waals surface area contributed by atoms with Crippen LogP contribution < -0.4 is 10.6 Å². The molecule has 212 valence electrons. The third-order valence-corrected chi connectivity index (χ3v) is 8.42. The van der Waals surface area contributed by atoms with E-state index in [1.54, 1.807) is 19.1 Å². The van der Waals surface area contributed by atoms with Crippen LogP contribution in [0.15, 0.2) is 36.4 Å². The summed E-state index contributed by atoms with van der Waals surface area (Å²) in [7, 11) is 1.91. The summed E-state index contributed by atoms with van der Waals surface area (Å²) in [6.07, 6.45) is 3.16. The van der Waals surface area contributed by atoms with Crippen LogP contribution in [0, 0.1) is 30.4 Å². The summed E-state index contributed by atoms with van der Waals surface area (Å²) in [4.78, 5) is 26.3. The molecule has 4 rings (SSSR count). The number of aryl methyl sites for hydroxylation is 1. The SMILES string of the molecule is CN[C@H]1CC[C@@H](C(=O)N2CCC[C@@H]([C@@](O)(CCCNC(=O)O)c3cccc(F)c3-c3cc(C)cc(F)c3)C2)C1. The van der Waals surface area contributed by atoms with Gasteiger partial charge in [-0.05, 0) is 93.8 Å². The second-order valence-electron chi connectivity index (χ2n) is 11.1. The number of piperidine rings is 1. The number of rotatable bonds is 9. The van der Waals surface area contributed by atoms with Gasteiger partial charge in [-0.25, -0.2) is 13.6 Å². The summed E-state index contributed by atoms with van der Waals surface area (Å²) in [5, 5.41) is 27.0. The maximum atomic E-state index is 15.5. The van der Waals surface area contributed by atoms with Crippen molar-refractivity contribution in [1.82, 2.24) is 15.5 Å². The highest BCUT2D eigenvalue weighted by atomic mass is 19.1. The minimum Gasteiger partial charge on any atom is -0.465 e. The topological polar surface area (TPSA) is 102 Å². The predicted octanol–water partition coefficient (Wildman–Crippen LogP) is 4.80. The molecule has 1 saturated heterocycles. The summed E-state index contributed by atoms with van der Waals surface area (Å²) < 4.78 is 29.9. The van der Waals surface area contributed by atoms with Crippen molar-refractivity contribution in [2.75, 3.05) is 26.7 Å². The van der Waals surface area contributed by atoms with Gasteiger partial charge in [0, 0.05) is 43.1 Å². The van der Waals surface area contributed by atoms with Gasteiger partial charge in [-0.1, -0.05) is 18.2 Å². The Kier molecular flexibility index (Phi) is 9.23. The zero-order valence-corrected chi connectivity index (χ0v) is 22.7. The zero-order valence-electron chi connectivity index (χ0n) is 22.7. The van der Waals surface area contributed by atoms with E-state index in [-0.39, 0.29) is 30.4 Å². The number of amides is 2. The van der Waals surface area contributed by atoms with Gasteiger partial charge in [-0.3, -0.25) is 4.79 Å². The molecule has 1 aliphatic carbocycles. The number of halogens is 2. The number of benzene rings is 2. The van der Waals surface area contributed by atoms with Gasteiger partial charge in [0.1, 0.15) is 11.6 Å². The fourth-order valence-corrected chi connectivity index (χ4v) is 6.46. The third-order valence-electron chi connectivity index (χ3n) is 8.42. The first kappa shape index (κ1) is 29.0. The van der Waals surface area contributed by atoms with Crippen LogP contribution in [0.3, 0.4) is 0 Å². The van der Waals surface area contributed by atoms with Gasteiger partial charge in [0.2, 0.25) is 5.91 Å². The van der Waals surface area contributed by atoms with Crippen molar-refractivity contribution in [1.29, 1.82) is 0 Å². The Labute approximate surface area is 228 Å². The van der Waals surface area contributed by atoms with Crippen molar-refractivity contribution in [2.24, 2.45) is 11.8 Å². The molecule has 2 aromatic rings. The molecule has 0 aromatic heterocycles. The normalized spacial score (nSPS) is 22.9. The highest BCUT2D eigenvalue weighted by Crippen LogP contribution is 2.45. The van der Waals surface area contributed by atoms with Gasteiger partial charge < -0.3 is 25.7 Å². The second kappa shape index (κ2) is 12.4. The van der Waals surface area contributed by atoms with Crippen LogP contribution >= 0.6 is 0 Å². The molecule has 2 amide bonds. The lowest BCUT2D eigenvalue weighted by atomic mass is 9.72. The molecule has 0 unspecified atom stereocenters. The van der Waals surface area contributed by atoms with E-state index in [0.29, 0.717) is 55.1 Å². The standard InChI is InChI=1S/C30H39F2N3O4/c1-19-14-21(16-23(31)15-19)27-25(7-3-8-26(27)32)30(39,11-5-12-34-29(37)38)22-6-4-13-35(18-22)28(36)20-9-10-24(17-20)33-2/h3,7-8,14-16,20,22,24,33-34,39H,4-6,9-13,17-18H2,1-2H3,(H,37,38)/t20-,22-,24+,30+/m1/s1. The van der Waals surface area contributed by atoms with Crippen LogP contribution in [0.4, 0.5) is 13.6 Å². The van der Waals surface area contributed by atoms with E-state index in [0.717, 1.165) is 19.3 Å². The molecule has 7 nitrogen and oxygen atoms in total. The molecule has 1 saturated carbocycles. The Morgan fingerprint density at radius 1 is 1.15 bits per heavy atom. The molecule has 4 atom stereocenters. The zero-order chi connectivity index (χ0) is 28.2. The van der Waals surface area contributed by atoms with Gasteiger partial charge in [0.05, 0.1) is 5.60 Å². The molecular formula is C30H39F2N3O4. The van der Waals surface area contributed by atoms with Gasteiger partial charge in [-0.15, -0.1) is 0 Å². The summed E-state index contributed by atoms with van der Waals surface area (Å²) in [5.74, 6) is -1.45. The average Bonchev–Trinajstić information content (AvgIpc) is 3.39. The number of nitrogens with one attached hydrogen (secondary N) is 2. The van der Waals surface area contributed by atoms with E-state index in [4.69, 9.17) is 5.11 Å². The molecule has 1 heterocycles. The van der Waals surface area contributed by atoms with Crippen LogP contribution in [-0.4, -0.2) is 59.8 Å². The van der Waals surface area contributed by atoms with Crippen molar-refractivity contribution in [3.63, 3.8) is 0 Å². The monoisotopic (exact) mass is 543 g/mol. The number of nitrogens with zero attached hydrogens (tertiary/aromatic N) is 1. The van der Waals surface area contributed by atoms with E-state index in [9.17, 15) is 19.1 Å². The molecule has 2 fully saturated rings. The van der Waals surface area contributed by atoms with Gasteiger partial charge in [0.15, 0.2) is 0 Å². The van der Waals surface area contributed by atoms with Crippen molar-refractivity contribution in [3.8, 4) is 11.1 Å². The molecule has 0 radical (unpaired) electrons. The molecule has 0 bridgehead atoms. The quantitative estimate of drug-likeness (QED) is 0.340. The number of likely N-dealkylation sites (tertiary alicyclic amines) is 1. The summed E-state index contributed by atoms with van der Waals surface area (Å²) in [5.41, 5.74) is -0.155. The van der Waals surface area contributed by atoms with Crippen LogP contribution in [-0.2, 0) is 10.4 Å². The molecule has 39 heavy (non-hydrogen) atoms. The Morgan fingerprint density at radius 3 is 2.64 bits per heavy atom. The largest absolute Gasteiger partial charge is 0.465 e. The Bertz CT molecular complexity index is 1170. The van der Waals surface area contributed by atoms with E-state index >= 15 is 4.39 Å². The van der Waals surface area contributed by atoms with Crippen LogP contribution in [0.1, 0.15) is 56.1 Å². The van der Waals surface area contributed by atoms with Gasteiger partial charge >= 0.3 is 6.09 Å². The second-order valence-corrected chi connectivity index (χ2v) is 11.1. The lowest BCUT2D eigenvalue weighted by Gasteiger charge is -2.44. The van der Waals surface area contributed by atoms with E-state index in [1.165, 1.54) is 24.3 Å². The molecule has 0 spiro atoms. The number of hydrogen-bond donors (Lipinski definition) is 4. The molecule has 4 N–H and O–H groups in total. The minimum absolute atomic E-state index is 0.0611. The lowest BCUT2D eigenvalue weighted by molar-refractivity contribution is -0.140. The first-order chi connectivity index (χ1) is 18.6. The highest BCUT2D eigenvalue weighted by Gasteiger charge is 2.44. The van der Waals surface area contributed by atoms with Gasteiger partial charge in [-0.2, -0.15) is 0 Å². The van der Waals surface area contributed by atoms with Crippen LogP contribution in [0.25, 0.3) is 11.1 Å². The maximum absolute atomic E-state index is 15.5. The van der Waals surface area contributed by atoms with Crippen LogP contribution in [0.2, 0.25) is 0 Å². The van der Waals surface area contributed by atoms with Crippen molar-refractivity contribution >= 4 is 12.0 Å². The third kappa shape index (κ3) is 6.58. The van der Waals surface area contributed by atoms with E-state index in [2.05, 4.69) is 10.6 Å². The van der Waals surface area contributed by atoms with Crippen molar-refractivity contribution < 1.29 is 28.6 Å². The van der Waals surface area contributed by atoms with E-state index < -0.39 is 29.2 Å². The summed E-state index contributed by atoms with van der Waals surface area (Å²) in [6, 6.07) is 9.12. The first-order valence-electron chi connectivity index (χ1n) is 13.8. The molecule has 2 aromatic carbocycles. The molecule has 2 aliphatic rings. The van der Waals surface area contributed by atoms with E-state index in [1.807, 2.05) is 11.9 Å². The van der Waals surface area contributed by atoms with Crippen LogP contribution in [0.5, 0.6) is 0 Å². The predicted molar refractivity (Wildman–Crippen MR) is 145 cm³/mol. The van der Waals surface area contributed by atoms with Crippen molar-refractivity contribution in [3.05, 3.63) is 59.2 Å². The molecule has 1 aliphatic heterocycles. The number of aliphatic hydroxyl groups is 1. The number of carboxylic acid groups (broad SMARTS) is 1. The smallest absolute Gasteiger partial charge is 0.404 e. The number of hydrogen-bond acceptors (Lipinski definition) is 4. The fourth-order valence-electron chi connectivity index (χ4n) is 6.46. The summed E-state index contributed by atoms with van der Waals surface area (Å²) >= 11 is 0. The van der Waals surface area contributed by atoms with Crippen molar-refractivity contribution in [2.45, 2.75) is 63.5 Å². The molecular weight excluding hydrogens is 504 g/mol. The molecule has 9 heteroatoms. The summed E-state index contributed by atoms with van der Waals surface area (Å²) in [6.45, 7) is 2.76.